The number of ether oxygens (including phenoxy) is 3. The molecule has 0 aliphatic heterocycles. The van der Waals surface area contributed by atoms with Gasteiger partial charge in [0.05, 0.1) is 24.7 Å². The molecular formula is C20H21N3O6. The molecule has 29 heavy (non-hydrogen) atoms. The summed E-state index contributed by atoms with van der Waals surface area (Å²) in [5, 5.41) is 14.9. The minimum absolute atomic E-state index is 0.0489. The Labute approximate surface area is 167 Å². The molecule has 0 N–H and O–H groups in total. The second-order valence-corrected chi connectivity index (χ2v) is 5.83. The third-order valence-corrected chi connectivity index (χ3v) is 3.90. The van der Waals surface area contributed by atoms with Gasteiger partial charge in [-0.25, -0.2) is 0 Å². The molecule has 3 aromatic rings. The second-order valence-electron chi connectivity index (χ2n) is 5.83. The van der Waals surface area contributed by atoms with Crippen LogP contribution in [0.5, 0.6) is 17.2 Å². The van der Waals surface area contributed by atoms with Crippen molar-refractivity contribution in [2.24, 2.45) is 0 Å². The van der Waals surface area contributed by atoms with E-state index in [1.807, 2.05) is 20.8 Å². The molecule has 0 unspecified atom stereocenters. The summed E-state index contributed by atoms with van der Waals surface area (Å²) in [7, 11) is 0. The highest BCUT2D eigenvalue weighted by Gasteiger charge is 2.20. The molecule has 0 radical (unpaired) electrons. The molecule has 0 spiro atoms. The van der Waals surface area contributed by atoms with Crippen LogP contribution >= 0.6 is 0 Å². The number of nitro benzene ring substituents is 1. The van der Waals surface area contributed by atoms with Crippen LogP contribution in [-0.2, 0) is 0 Å². The number of nitrogens with zero attached hydrogens (tertiary/aromatic N) is 3. The van der Waals surface area contributed by atoms with Crippen molar-refractivity contribution < 1.29 is 23.7 Å². The standard InChI is InChI=1S/C20H21N3O6/c1-4-26-16-11-14(12-17(27-5-2)18(16)28-6-3)20-21-19(22-29-20)13-8-7-9-15(10-13)23(24)25/h7-12H,4-6H2,1-3H3. The Kier molecular flexibility index (Phi) is 6.28. The smallest absolute Gasteiger partial charge is 0.270 e. The Hall–Kier alpha value is -3.62. The zero-order valence-corrected chi connectivity index (χ0v) is 16.4. The van der Waals surface area contributed by atoms with Gasteiger partial charge in [0, 0.05) is 23.3 Å². The van der Waals surface area contributed by atoms with Gasteiger partial charge in [-0.2, -0.15) is 4.98 Å². The predicted molar refractivity (Wildman–Crippen MR) is 105 cm³/mol. The normalized spacial score (nSPS) is 10.6. The largest absolute Gasteiger partial charge is 0.490 e. The van der Waals surface area contributed by atoms with E-state index in [-0.39, 0.29) is 17.4 Å². The van der Waals surface area contributed by atoms with Crippen molar-refractivity contribution in [3.05, 3.63) is 46.5 Å². The average molecular weight is 399 g/mol. The van der Waals surface area contributed by atoms with Crippen molar-refractivity contribution in [1.82, 2.24) is 10.1 Å². The second kappa shape index (κ2) is 9.05. The fourth-order valence-corrected chi connectivity index (χ4v) is 2.73. The van der Waals surface area contributed by atoms with Crippen molar-refractivity contribution in [1.29, 1.82) is 0 Å². The van der Waals surface area contributed by atoms with E-state index in [0.29, 0.717) is 48.2 Å². The van der Waals surface area contributed by atoms with Crippen molar-refractivity contribution in [2.45, 2.75) is 20.8 Å². The van der Waals surface area contributed by atoms with Gasteiger partial charge in [-0.15, -0.1) is 0 Å². The summed E-state index contributed by atoms with van der Waals surface area (Å²) in [6.07, 6.45) is 0. The summed E-state index contributed by atoms with van der Waals surface area (Å²) in [5.41, 5.74) is 1.02. The van der Waals surface area contributed by atoms with E-state index < -0.39 is 4.92 Å². The van der Waals surface area contributed by atoms with Crippen LogP contribution in [0.2, 0.25) is 0 Å². The topological polar surface area (TPSA) is 110 Å². The van der Waals surface area contributed by atoms with Crippen LogP contribution in [0.15, 0.2) is 40.9 Å². The van der Waals surface area contributed by atoms with Gasteiger partial charge in [-0.3, -0.25) is 10.1 Å². The molecule has 3 rings (SSSR count). The SMILES string of the molecule is CCOc1cc(-c2nc(-c3cccc([N+](=O)[O-])c3)no2)cc(OCC)c1OCC. The minimum Gasteiger partial charge on any atom is -0.490 e. The minimum atomic E-state index is -0.473. The zero-order valence-electron chi connectivity index (χ0n) is 16.4. The molecule has 9 nitrogen and oxygen atoms in total. The van der Waals surface area contributed by atoms with Crippen LogP contribution in [0.4, 0.5) is 5.69 Å². The molecule has 0 aliphatic rings. The van der Waals surface area contributed by atoms with Gasteiger partial charge in [-0.1, -0.05) is 17.3 Å². The summed E-state index contributed by atoms with van der Waals surface area (Å²) in [4.78, 5) is 14.9. The van der Waals surface area contributed by atoms with Crippen molar-refractivity contribution in [3.8, 4) is 40.1 Å². The lowest BCUT2D eigenvalue weighted by molar-refractivity contribution is -0.384. The fourth-order valence-electron chi connectivity index (χ4n) is 2.73. The van der Waals surface area contributed by atoms with Crippen LogP contribution in [0.3, 0.4) is 0 Å². The Bertz CT molecular complexity index is 974. The van der Waals surface area contributed by atoms with Gasteiger partial charge in [0.25, 0.3) is 11.6 Å². The summed E-state index contributed by atoms with van der Waals surface area (Å²) in [6, 6.07) is 9.52. The highest BCUT2D eigenvalue weighted by atomic mass is 16.6. The molecule has 0 bridgehead atoms. The average Bonchev–Trinajstić information content (AvgIpc) is 3.21. The lowest BCUT2D eigenvalue weighted by Gasteiger charge is -2.16. The maximum Gasteiger partial charge on any atom is 0.270 e. The maximum absolute atomic E-state index is 11.0. The quantitative estimate of drug-likeness (QED) is 0.382. The number of benzene rings is 2. The third kappa shape index (κ3) is 4.45. The van der Waals surface area contributed by atoms with Gasteiger partial charge in [0.15, 0.2) is 11.5 Å². The molecule has 152 valence electrons. The fraction of sp³-hybridized carbons (Fsp3) is 0.300. The van der Waals surface area contributed by atoms with Gasteiger partial charge < -0.3 is 18.7 Å². The van der Waals surface area contributed by atoms with E-state index >= 15 is 0 Å². The van der Waals surface area contributed by atoms with Crippen LogP contribution in [0.1, 0.15) is 20.8 Å². The summed E-state index contributed by atoms with van der Waals surface area (Å²) in [5.74, 6) is 2.00. The Morgan fingerprint density at radius 2 is 1.62 bits per heavy atom. The number of aromatic nitrogens is 2. The number of hydrogen-bond acceptors (Lipinski definition) is 8. The molecular weight excluding hydrogens is 378 g/mol. The maximum atomic E-state index is 11.0. The van der Waals surface area contributed by atoms with Gasteiger partial charge in [0.2, 0.25) is 11.6 Å². The Morgan fingerprint density at radius 1 is 0.966 bits per heavy atom. The first-order valence-corrected chi connectivity index (χ1v) is 9.22. The third-order valence-electron chi connectivity index (χ3n) is 3.90. The molecule has 0 aliphatic carbocycles. The van der Waals surface area contributed by atoms with Crippen molar-refractivity contribution >= 4 is 5.69 Å². The molecule has 9 heteroatoms. The predicted octanol–water partition coefficient (Wildman–Crippen LogP) is 4.51. The van der Waals surface area contributed by atoms with Gasteiger partial charge in [-0.05, 0) is 32.9 Å². The Balaban J connectivity index is 2.02. The first-order valence-electron chi connectivity index (χ1n) is 9.22. The molecule has 0 fully saturated rings. The lowest BCUT2D eigenvalue weighted by atomic mass is 10.1. The van der Waals surface area contributed by atoms with E-state index in [2.05, 4.69) is 10.1 Å². The molecule has 1 heterocycles. The first-order chi connectivity index (χ1) is 14.1. The summed E-state index contributed by atoms with van der Waals surface area (Å²) >= 11 is 0. The van der Waals surface area contributed by atoms with Crippen molar-refractivity contribution in [2.75, 3.05) is 19.8 Å². The van der Waals surface area contributed by atoms with Crippen LogP contribution in [0, 0.1) is 10.1 Å². The summed E-state index contributed by atoms with van der Waals surface area (Å²) in [6.45, 7) is 6.96. The molecule has 2 aromatic carbocycles. The molecule has 0 atom stereocenters. The van der Waals surface area contributed by atoms with E-state index in [4.69, 9.17) is 18.7 Å². The molecule has 0 amide bonds. The first kappa shape index (κ1) is 20.1. The Morgan fingerprint density at radius 3 is 2.21 bits per heavy atom. The molecule has 0 saturated carbocycles. The van der Waals surface area contributed by atoms with E-state index in [1.54, 1.807) is 24.3 Å². The van der Waals surface area contributed by atoms with E-state index in [0.717, 1.165) is 0 Å². The number of rotatable bonds is 9. The number of hydrogen-bond donors (Lipinski definition) is 0. The van der Waals surface area contributed by atoms with Gasteiger partial charge in [0.1, 0.15) is 0 Å². The zero-order chi connectivity index (χ0) is 20.8. The van der Waals surface area contributed by atoms with Gasteiger partial charge >= 0.3 is 0 Å². The number of non-ortho nitro benzene ring substituents is 1. The van der Waals surface area contributed by atoms with E-state index in [9.17, 15) is 10.1 Å². The molecule has 0 saturated heterocycles. The highest BCUT2D eigenvalue weighted by Crippen LogP contribution is 2.42. The highest BCUT2D eigenvalue weighted by molar-refractivity contribution is 5.67. The van der Waals surface area contributed by atoms with Crippen LogP contribution in [0.25, 0.3) is 22.8 Å². The summed E-state index contributed by atoms with van der Waals surface area (Å²) < 4.78 is 22.5. The van der Waals surface area contributed by atoms with Crippen LogP contribution < -0.4 is 14.2 Å². The number of nitro groups is 1. The molecule has 1 aromatic heterocycles. The van der Waals surface area contributed by atoms with E-state index in [1.165, 1.54) is 12.1 Å². The van der Waals surface area contributed by atoms with Crippen molar-refractivity contribution in [3.63, 3.8) is 0 Å². The monoisotopic (exact) mass is 399 g/mol. The van der Waals surface area contributed by atoms with Crippen LogP contribution in [-0.4, -0.2) is 34.9 Å². The lowest BCUT2D eigenvalue weighted by Crippen LogP contribution is -2.03.